The van der Waals surface area contributed by atoms with E-state index in [0.29, 0.717) is 17.5 Å². The van der Waals surface area contributed by atoms with Crippen LogP contribution in [0.5, 0.6) is 0 Å². The quantitative estimate of drug-likeness (QED) is 0.157. The number of benzene rings is 10. The second-order valence-corrected chi connectivity index (χ2v) is 16.6. The predicted octanol–water partition coefficient (Wildman–Crippen LogP) is 15.7. The van der Waals surface area contributed by atoms with Crippen LogP contribution in [-0.4, -0.2) is 15.0 Å². The normalized spacial score (nSPS) is 11.6. The average Bonchev–Trinajstić information content (AvgIpc) is 3.73. The minimum absolute atomic E-state index is 0.646. The molecule has 284 valence electrons. The lowest BCUT2D eigenvalue weighted by atomic mass is 9.91. The van der Waals surface area contributed by atoms with Crippen LogP contribution in [0.2, 0.25) is 0 Å². The molecule has 0 spiro atoms. The van der Waals surface area contributed by atoms with E-state index in [1.54, 1.807) is 0 Å². The highest BCUT2D eigenvalue weighted by molar-refractivity contribution is 7.26. The smallest absolute Gasteiger partial charge is 0.164 e. The summed E-state index contributed by atoms with van der Waals surface area (Å²) >= 11 is 1.84. The van der Waals surface area contributed by atoms with Crippen molar-refractivity contribution in [3.05, 3.63) is 212 Å². The van der Waals surface area contributed by atoms with Gasteiger partial charge in [-0.1, -0.05) is 182 Å². The van der Waals surface area contributed by atoms with Crippen LogP contribution in [0.15, 0.2) is 212 Å². The lowest BCUT2D eigenvalue weighted by Gasteiger charge is -2.12. The van der Waals surface area contributed by atoms with E-state index >= 15 is 0 Å². The highest BCUT2D eigenvalue weighted by Gasteiger charge is 2.16. The van der Waals surface area contributed by atoms with Crippen LogP contribution >= 0.6 is 11.3 Å². The molecule has 12 aromatic rings. The molecule has 0 amide bonds. The minimum atomic E-state index is 0.646. The summed E-state index contributed by atoms with van der Waals surface area (Å²) in [6.07, 6.45) is 0. The molecule has 0 atom stereocenters. The molecule has 0 N–H and O–H groups in total. The Balaban J connectivity index is 0.921. The van der Waals surface area contributed by atoms with Crippen molar-refractivity contribution in [3.8, 4) is 67.5 Å². The van der Waals surface area contributed by atoms with Gasteiger partial charge in [0.05, 0.1) is 0 Å². The maximum atomic E-state index is 5.02. The van der Waals surface area contributed by atoms with Crippen molar-refractivity contribution in [1.29, 1.82) is 0 Å². The molecule has 61 heavy (non-hydrogen) atoms. The van der Waals surface area contributed by atoms with Gasteiger partial charge < -0.3 is 0 Å². The zero-order valence-electron chi connectivity index (χ0n) is 33.0. The Morgan fingerprint density at radius 3 is 1.30 bits per heavy atom. The van der Waals surface area contributed by atoms with Crippen LogP contribution < -0.4 is 0 Å². The maximum Gasteiger partial charge on any atom is 0.164 e. The molecule has 12 rings (SSSR count). The van der Waals surface area contributed by atoms with Gasteiger partial charge in [-0.3, -0.25) is 0 Å². The average molecular weight is 794 g/mol. The first-order valence-electron chi connectivity index (χ1n) is 20.6. The van der Waals surface area contributed by atoms with Gasteiger partial charge in [0, 0.05) is 36.9 Å². The van der Waals surface area contributed by atoms with E-state index in [1.165, 1.54) is 80.3 Å². The molecule has 0 aliphatic rings. The number of fused-ring (bicyclic) bond motifs is 9. The van der Waals surface area contributed by atoms with E-state index in [-0.39, 0.29) is 0 Å². The molecular formula is C57H35N3S. The number of hydrogen-bond donors (Lipinski definition) is 0. The van der Waals surface area contributed by atoms with Gasteiger partial charge in [-0.2, -0.15) is 0 Å². The van der Waals surface area contributed by atoms with E-state index in [1.807, 2.05) is 72.0 Å². The van der Waals surface area contributed by atoms with Gasteiger partial charge in [-0.15, -0.1) is 11.3 Å². The van der Waals surface area contributed by atoms with Crippen LogP contribution in [-0.2, 0) is 0 Å². The van der Waals surface area contributed by atoms with Gasteiger partial charge in [0.25, 0.3) is 0 Å². The Kier molecular flexibility index (Phi) is 8.36. The van der Waals surface area contributed by atoms with Crippen LogP contribution in [0.3, 0.4) is 0 Å². The number of hydrogen-bond acceptors (Lipinski definition) is 4. The summed E-state index contributed by atoms with van der Waals surface area (Å²) in [5.74, 6) is 1.95. The van der Waals surface area contributed by atoms with Crippen LogP contribution in [0, 0.1) is 0 Å². The van der Waals surface area contributed by atoms with Crippen LogP contribution in [0.25, 0.3) is 120 Å². The third kappa shape index (κ3) is 6.16. The fourth-order valence-electron chi connectivity index (χ4n) is 8.95. The molecule has 10 aromatic carbocycles. The van der Waals surface area contributed by atoms with Gasteiger partial charge in [-0.05, 0) is 96.0 Å². The number of nitrogens with zero attached hydrogens (tertiary/aromatic N) is 3. The lowest BCUT2D eigenvalue weighted by molar-refractivity contribution is 1.07. The Bertz CT molecular complexity index is 3540. The highest BCUT2D eigenvalue weighted by atomic mass is 32.1. The summed E-state index contributed by atoms with van der Waals surface area (Å²) in [5, 5.41) is 10.3. The second kappa shape index (κ2) is 14.5. The number of aromatic nitrogens is 3. The van der Waals surface area contributed by atoms with Gasteiger partial charge in [0.1, 0.15) is 0 Å². The first kappa shape index (κ1) is 35.2. The van der Waals surface area contributed by atoms with Crippen molar-refractivity contribution in [2.45, 2.75) is 0 Å². The monoisotopic (exact) mass is 793 g/mol. The summed E-state index contributed by atoms with van der Waals surface area (Å²) in [6, 6.07) is 76.0. The fraction of sp³-hybridized carbons (Fsp3) is 0. The standard InChI is InChI=1S/C57H35N3S/c1-3-13-38(14-4-1)55-58-56(39-15-5-2-6-16-39)60-57(59-55)43-18-11-17-42(33-43)44-23-12-24-53-54(44)51-35-41(30-32-52(51)61-53)37-27-25-36(26-28-37)40-29-31-49-47-21-8-7-19-45(47)46-20-9-10-22-48(46)50(49)34-40/h1-35H. The Hall–Kier alpha value is -7.79. The SMILES string of the molecule is c1ccc(-c2nc(-c3ccccc3)nc(-c3cccc(-c4cccc5sc6ccc(-c7ccc(-c8ccc9c%10ccccc%10c%10ccccc%10c9c8)cc7)cc6c45)c3)n2)cc1. The van der Waals surface area contributed by atoms with E-state index in [2.05, 4.69) is 152 Å². The molecule has 0 fully saturated rings. The molecular weight excluding hydrogens is 759 g/mol. The largest absolute Gasteiger partial charge is 0.208 e. The first-order chi connectivity index (χ1) is 30.2. The van der Waals surface area contributed by atoms with Crippen molar-refractivity contribution in [3.63, 3.8) is 0 Å². The van der Waals surface area contributed by atoms with Gasteiger partial charge in [-0.25, -0.2) is 15.0 Å². The van der Waals surface area contributed by atoms with Crippen LogP contribution in [0.1, 0.15) is 0 Å². The molecule has 0 saturated carbocycles. The molecule has 4 heteroatoms. The summed E-state index contributed by atoms with van der Waals surface area (Å²) in [6.45, 7) is 0. The van der Waals surface area contributed by atoms with E-state index in [9.17, 15) is 0 Å². The molecule has 2 aromatic heterocycles. The van der Waals surface area contributed by atoms with E-state index in [4.69, 9.17) is 15.0 Å². The molecule has 0 unspecified atom stereocenters. The van der Waals surface area contributed by atoms with Crippen molar-refractivity contribution < 1.29 is 0 Å². The summed E-state index contributed by atoms with van der Waals surface area (Å²) in [7, 11) is 0. The third-order valence-electron chi connectivity index (χ3n) is 11.9. The van der Waals surface area contributed by atoms with Crippen LogP contribution in [0.4, 0.5) is 0 Å². The minimum Gasteiger partial charge on any atom is -0.208 e. The molecule has 0 bridgehead atoms. The van der Waals surface area contributed by atoms with Crippen molar-refractivity contribution in [2.75, 3.05) is 0 Å². The molecule has 3 nitrogen and oxygen atoms in total. The van der Waals surface area contributed by atoms with Gasteiger partial charge in [0.15, 0.2) is 17.5 Å². The summed E-state index contributed by atoms with van der Waals surface area (Å²) < 4.78 is 2.53. The number of thiophene rings is 1. The van der Waals surface area contributed by atoms with E-state index < -0.39 is 0 Å². The molecule has 2 heterocycles. The van der Waals surface area contributed by atoms with E-state index in [0.717, 1.165) is 22.3 Å². The van der Waals surface area contributed by atoms with Crippen molar-refractivity contribution in [2.24, 2.45) is 0 Å². The molecule has 0 radical (unpaired) electrons. The molecule has 0 saturated heterocycles. The second-order valence-electron chi connectivity index (χ2n) is 15.5. The number of rotatable bonds is 6. The fourth-order valence-corrected chi connectivity index (χ4v) is 10.1. The topological polar surface area (TPSA) is 38.7 Å². The summed E-state index contributed by atoms with van der Waals surface area (Å²) in [4.78, 5) is 15.0. The maximum absolute atomic E-state index is 5.02. The molecule has 0 aliphatic carbocycles. The first-order valence-corrected chi connectivity index (χ1v) is 21.4. The Morgan fingerprint density at radius 2 is 0.689 bits per heavy atom. The molecule has 0 aliphatic heterocycles. The zero-order valence-corrected chi connectivity index (χ0v) is 33.8. The lowest BCUT2D eigenvalue weighted by Crippen LogP contribution is -2.00. The van der Waals surface area contributed by atoms with Gasteiger partial charge >= 0.3 is 0 Å². The Morgan fingerprint density at radius 1 is 0.246 bits per heavy atom. The van der Waals surface area contributed by atoms with Crippen molar-refractivity contribution >= 4 is 63.8 Å². The predicted molar refractivity (Wildman–Crippen MR) is 258 cm³/mol. The Labute approximate surface area is 356 Å². The zero-order chi connectivity index (χ0) is 40.3. The van der Waals surface area contributed by atoms with Gasteiger partial charge in [0.2, 0.25) is 0 Å². The third-order valence-corrected chi connectivity index (χ3v) is 13.1. The van der Waals surface area contributed by atoms with Crippen molar-refractivity contribution in [1.82, 2.24) is 15.0 Å². The summed E-state index contributed by atoms with van der Waals surface area (Å²) in [5.41, 5.74) is 9.98. The highest BCUT2D eigenvalue weighted by Crippen LogP contribution is 2.43.